The van der Waals surface area contributed by atoms with E-state index in [1.165, 1.54) is 12.5 Å². The normalized spacial score (nSPS) is 17.2. The Labute approximate surface area is 228 Å². The van der Waals surface area contributed by atoms with Crippen LogP contribution in [0.5, 0.6) is 0 Å². The molecule has 1 aliphatic rings. The smallest absolute Gasteiger partial charge is 0.326 e. The number of carbonyl (C=O) groups is 5. The number of carboxylic acid groups (broad SMARTS) is 1. The fourth-order valence-electron chi connectivity index (χ4n) is 4.90. The van der Waals surface area contributed by atoms with Gasteiger partial charge < -0.3 is 42.1 Å². The lowest BCUT2D eigenvalue weighted by Gasteiger charge is -2.28. The number of primary amides is 1. The number of H-pyrrole nitrogens is 2. The molecular weight excluding hydrogens is 520 g/mol. The largest absolute Gasteiger partial charge is 0.480 e. The van der Waals surface area contributed by atoms with Crippen LogP contribution in [-0.2, 0) is 36.8 Å². The first-order valence-electron chi connectivity index (χ1n) is 12.8. The average molecular weight is 553 g/mol. The van der Waals surface area contributed by atoms with Gasteiger partial charge in [-0.2, -0.15) is 0 Å². The molecule has 1 fully saturated rings. The number of hydrogen-bond acceptors (Lipinski definition) is 7. The summed E-state index contributed by atoms with van der Waals surface area (Å²) in [6, 6.07) is 2.74. The van der Waals surface area contributed by atoms with Crippen molar-refractivity contribution in [2.75, 3.05) is 6.54 Å². The van der Waals surface area contributed by atoms with Gasteiger partial charge in [-0.05, 0) is 24.5 Å². The number of aliphatic carboxylic acids is 1. The SMILES string of the molecule is NC(=O)CC(NC(=O)C(Cc1c[nH]c2ccccc12)NC(=O)C(N)Cc1cnc[nH]1)C(=O)N1CCCC1C(=O)O. The maximum absolute atomic E-state index is 13.6. The molecule has 0 bridgehead atoms. The molecule has 4 unspecified atom stereocenters. The number of hydrogen-bond donors (Lipinski definition) is 7. The molecule has 0 saturated carbocycles. The van der Waals surface area contributed by atoms with Gasteiger partial charge in [0, 0.05) is 48.4 Å². The van der Waals surface area contributed by atoms with Crippen molar-refractivity contribution in [3.05, 3.63) is 54.2 Å². The number of aromatic nitrogens is 3. The Kier molecular flexibility index (Phi) is 8.79. The highest BCUT2D eigenvalue weighted by Gasteiger charge is 2.39. The van der Waals surface area contributed by atoms with Gasteiger partial charge in [-0.1, -0.05) is 18.2 Å². The third-order valence-corrected chi connectivity index (χ3v) is 6.90. The van der Waals surface area contributed by atoms with Gasteiger partial charge in [-0.25, -0.2) is 9.78 Å². The monoisotopic (exact) mass is 552 g/mol. The summed E-state index contributed by atoms with van der Waals surface area (Å²) in [6.45, 7) is 0.166. The highest BCUT2D eigenvalue weighted by molar-refractivity contribution is 5.97. The Morgan fingerprint density at radius 1 is 1.07 bits per heavy atom. The first-order valence-corrected chi connectivity index (χ1v) is 12.8. The van der Waals surface area contributed by atoms with Gasteiger partial charge in [0.05, 0.1) is 18.8 Å². The maximum atomic E-state index is 13.6. The van der Waals surface area contributed by atoms with E-state index in [2.05, 4.69) is 25.6 Å². The number of fused-ring (bicyclic) bond motifs is 1. The van der Waals surface area contributed by atoms with E-state index >= 15 is 0 Å². The number of nitrogens with one attached hydrogen (secondary N) is 4. The second-order valence-corrected chi connectivity index (χ2v) is 9.77. The fourth-order valence-corrected chi connectivity index (χ4v) is 4.90. The Bertz CT molecular complexity index is 1390. The van der Waals surface area contributed by atoms with E-state index in [1.54, 1.807) is 6.20 Å². The predicted molar refractivity (Wildman–Crippen MR) is 142 cm³/mol. The second-order valence-electron chi connectivity index (χ2n) is 9.77. The first-order chi connectivity index (χ1) is 19.1. The van der Waals surface area contributed by atoms with E-state index in [9.17, 15) is 29.1 Å². The number of imidazole rings is 1. The molecule has 2 aromatic heterocycles. The Morgan fingerprint density at radius 3 is 2.52 bits per heavy atom. The molecule has 0 aliphatic carbocycles. The quantitative estimate of drug-likeness (QED) is 0.146. The first kappa shape index (κ1) is 28.3. The van der Waals surface area contributed by atoms with Crippen LogP contribution in [0, 0.1) is 0 Å². The molecule has 212 valence electrons. The van der Waals surface area contributed by atoms with Crippen LogP contribution < -0.4 is 22.1 Å². The number of benzene rings is 1. The van der Waals surface area contributed by atoms with E-state index in [4.69, 9.17) is 11.5 Å². The number of amides is 4. The van der Waals surface area contributed by atoms with E-state index in [1.807, 2.05) is 24.3 Å². The number of aromatic amines is 2. The number of nitrogens with zero attached hydrogens (tertiary/aromatic N) is 2. The van der Waals surface area contributed by atoms with Crippen LogP contribution in [-0.4, -0.2) is 85.3 Å². The number of carboxylic acids is 1. The molecule has 3 heterocycles. The zero-order chi connectivity index (χ0) is 28.8. The van der Waals surface area contributed by atoms with Crippen LogP contribution in [0.2, 0.25) is 0 Å². The summed E-state index contributed by atoms with van der Waals surface area (Å²) in [5, 5.41) is 15.5. The van der Waals surface area contributed by atoms with Gasteiger partial charge in [0.15, 0.2) is 0 Å². The van der Waals surface area contributed by atoms with Crippen LogP contribution in [0.3, 0.4) is 0 Å². The van der Waals surface area contributed by atoms with E-state index in [0.717, 1.165) is 21.4 Å². The molecule has 14 heteroatoms. The topological polar surface area (TPSA) is 229 Å². The van der Waals surface area contributed by atoms with Crippen molar-refractivity contribution in [2.45, 2.75) is 56.3 Å². The lowest BCUT2D eigenvalue weighted by atomic mass is 10.0. The molecule has 1 aliphatic heterocycles. The third kappa shape index (κ3) is 6.64. The summed E-state index contributed by atoms with van der Waals surface area (Å²) in [5.41, 5.74) is 13.6. The van der Waals surface area contributed by atoms with Crippen LogP contribution in [0.25, 0.3) is 10.9 Å². The molecule has 0 spiro atoms. The van der Waals surface area contributed by atoms with E-state index < -0.39 is 60.2 Å². The summed E-state index contributed by atoms with van der Waals surface area (Å²) >= 11 is 0. The predicted octanol–water partition coefficient (Wildman–Crippen LogP) is -1.08. The van der Waals surface area contributed by atoms with Crippen molar-refractivity contribution < 1.29 is 29.1 Å². The second kappa shape index (κ2) is 12.4. The van der Waals surface area contributed by atoms with Crippen molar-refractivity contribution in [2.24, 2.45) is 11.5 Å². The minimum atomic E-state index is -1.41. The van der Waals surface area contributed by atoms with E-state index in [-0.39, 0.29) is 25.8 Å². The zero-order valence-electron chi connectivity index (χ0n) is 21.6. The zero-order valence-corrected chi connectivity index (χ0v) is 21.6. The number of para-hydroxylation sites is 1. The fraction of sp³-hybridized carbons (Fsp3) is 0.385. The summed E-state index contributed by atoms with van der Waals surface area (Å²) in [5.74, 6) is -4.13. The van der Waals surface area contributed by atoms with E-state index in [0.29, 0.717) is 12.1 Å². The molecule has 4 rings (SSSR count). The Hall–Kier alpha value is -4.72. The van der Waals surface area contributed by atoms with Gasteiger partial charge in [-0.15, -0.1) is 0 Å². The molecule has 9 N–H and O–H groups in total. The van der Waals surface area contributed by atoms with Crippen LogP contribution in [0.1, 0.15) is 30.5 Å². The van der Waals surface area contributed by atoms with Crippen molar-refractivity contribution in [1.29, 1.82) is 0 Å². The van der Waals surface area contributed by atoms with Gasteiger partial charge in [0.25, 0.3) is 0 Å². The van der Waals surface area contributed by atoms with Gasteiger partial charge in [-0.3, -0.25) is 19.2 Å². The van der Waals surface area contributed by atoms with Crippen molar-refractivity contribution in [3.63, 3.8) is 0 Å². The van der Waals surface area contributed by atoms with Crippen LogP contribution in [0.4, 0.5) is 0 Å². The lowest BCUT2D eigenvalue weighted by molar-refractivity contribution is -0.149. The van der Waals surface area contributed by atoms with Crippen molar-refractivity contribution in [3.8, 4) is 0 Å². The highest BCUT2D eigenvalue weighted by atomic mass is 16.4. The minimum Gasteiger partial charge on any atom is -0.480 e. The number of nitrogens with two attached hydrogens (primary N) is 2. The van der Waals surface area contributed by atoms with Gasteiger partial charge in [0.2, 0.25) is 23.6 Å². The maximum Gasteiger partial charge on any atom is 0.326 e. The van der Waals surface area contributed by atoms with Gasteiger partial charge >= 0.3 is 5.97 Å². The number of likely N-dealkylation sites (tertiary alicyclic amines) is 1. The molecule has 40 heavy (non-hydrogen) atoms. The average Bonchev–Trinajstić information content (AvgIpc) is 3.68. The van der Waals surface area contributed by atoms with Crippen molar-refractivity contribution >= 4 is 40.5 Å². The van der Waals surface area contributed by atoms with Gasteiger partial charge in [0.1, 0.15) is 18.1 Å². The molecule has 4 amide bonds. The highest BCUT2D eigenvalue weighted by Crippen LogP contribution is 2.21. The molecule has 3 aromatic rings. The summed E-state index contributed by atoms with van der Waals surface area (Å²) < 4.78 is 0. The molecule has 1 saturated heterocycles. The summed E-state index contributed by atoms with van der Waals surface area (Å²) in [4.78, 5) is 74.3. The summed E-state index contributed by atoms with van der Waals surface area (Å²) in [7, 11) is 0. The third-order valence-electron chi connectivity index (χ3n) is 6.90. The Balaban J connectivity index is 1.56. The molecule has 4 atom stereocenters. The van der Waals surface area contributed by atoms with Crippen LogP contribution in [0.15, 0.2) is 43.0 Å². The molecule has 1 aromatic carbocycles. The van der Waals surface area contributed by atoms with Crippen LogP contribution >= 0.6 is 0 Å². The number of rotatable bonds is 12. The molecule has 14 nitrogen and oxygen atoms in total. The standard InChI is InChI=1S/C26H32N8O6/c27-17(9-15-12-29-13-31-15)23(36)32-19(8-14-11-30-18-5-2-1-4-16(14)18)24(37)33-20(10-22(28)35)25(38)34-7-3-6-21(34)26(39)40/h1-2,4-5,11-13,17,19-21,30H,3,6-10,27H2,(H2,28,35)(H,29,31)(H,32,36)(H,33,37)(H,39,40). The number of carbonyl (C=O) groups excluding carboxylic acids is 4. The summed E-state index contributed by atoms with van der Waals surface area (Å²) in [6.07, 6.45) is 5.07. The minimum absolute atomic E-state index is 0.0390. The van der Waals surface area contributed by atoms with Crippen molar-refractivity contribution in [1.82, 2.24) is 30.5 Å². The molecular formula is C26H32N8O6. The molecule has 0 radical (unpaired) electrons. The Morgan fingerprint density at radius 2 is 1.82 bits per heavy atom. The lowest BCUT2D eigenvalue weighted by Crippen LogP contribution is -2.58.